The lowest BCUT2D eigenvalue weighted by Gasteiger charge is -2.29. The monoisotopic (exact) mass is 354 g/mol. The van der Waals surface area contributed by atoms with Gasteiger partial charge in [0.15, 0.2) is 5.96 Å². The molecule has 0 aliphatic carbocycles. The fourth-order valence-corrected chi connectivity index (χ4v) is 2.14. The average molecular weight is 354 g/mol. The Bertz CT molecular complexity index is 223. The Morgan fingerprint density at radius 1 is 1.12 bits per heavy atom. The van der Waals surface area contributed by atoms with Crippen molar-refractivity contribution < 1.29 is 0 Å². The van der Waals surface area contributed by atoms with Gasteiger partial charge in [-0.25, -0.2) is 0 Å². The maximum Gasteiger partial charge on any atom is 0.195 e. The molecule has 5 heteroatoms. The highest BCUT2D eigenvalue weighted by molar-refractivity contribution is 14.0. The maximum atomic E-state index is 4.72. The second kappa shape index (κ2) is 8.13. The molecular formula is C12H27IN4. The van der Waals surface area contributed by atoms with E-state index in [1.165, 1.54) is 25.9 Å². The fourth-order valence-electron chi connectivity index (χ4n) is 2.14. The zero-order valence-electron chi connectivity index (χ0n) is 11.8. The Kier molecular flexibility index (Phi) is 8.11. The molecule has 4 nitrogen and oxygen atoms in total. The summed E-state index contributed by atoms with van der Waals surface area (Å²) < 4.78 is 0. The van der Waals surface area contributed by atoms with Crippen LogP contribution in [0.4, 0.5) is 0 Å². The summed E-state index contributed by atoms with van der Waals surface area (Å²) in [6.45, 7) is 3.42. The summed E-state index contributed by atoms with van der Waals surface area (Å²) in [5.41, 5.74) is 0. The van der Waals surface area contributed by atoms with E-state index < -0.39 is 0 Å². The second-order valence-corrected chi connectivity index (χ2v) is 5.18. The van der Waals surface area contributed by atoms with E-state index in [0.717, 1.165) is 18.4 Å². The van der Waals surface area contributed by atoms with E-state index in [-0.39, 0.29) is 24.0 Å². The van der Waals surface area contributed by atoms with Gasteiger partial charge in [-0.3, -0.25) is 4.99 Å². The largest absolute Gasteiger partial charge is 0.349 e. The number of piperidine rings is 1. The van der Waals surface area contributed by atoms with Crippen LogP contribution in [0.25, 0.3) is 0 Å². The summed E-state index contributed by atoms with van der Waals surface area (Å²) >= 11 is 0. The Morgan fingerprint density at radius 3 is 2.00 bits per heavy atom. The van der Waals surface area contributed by atoms with Crippen LogP contribution >= 0.6 is 24.0 Å². The first-order chi connectivity index (χ1) is 7.50. The molecule has 0 amide bonds. The minimum Gasteiger partial charge on any atom is -0.349 e. The molecule has 1 aliphatic rings. The molecule has 0 bridgehead atoms. The lowest BCUT2D eigenvalue weighted by Crippen LogP contribution is -2.36. The van der Waals surface area contributed by atoms with Crippen LogP contribution in [0.1, 0.15) is 12.8 Å². The van der Waals surface area contributed by atoms with Crippen molar-refractivity contribution in [3.8, 4) is 0 Å². The van der Waals surface area contributed by atoms with Gasteiger partial charge in [0, 0.05) is 34.7 Å². The average Bonchev–Trinajstić information content (AvgIpc) is 2.20. The Balaban J connectivity index is 0.00000256. The number of aliphatic imine (C=N–C) groups is 1. The minimum absolute atomic E-state index is 0. The van der Waals surface area contributed by atoms with Gasteiger partial charge in [-0.15, -0.1) is 24.0 Å². The third-order valence-electron chi connectivity index (χ3n) is 3.13. The molecular weight excluding hydrogens is 327 g/mol. The first kappa shape index (κ1) is 17.0. The molecule has 0 aromatic rings. The van der Waals surface area contributed by atoms with Crippen LogP contribution in [0.5, 0.6) is 0 Å². The summed E-state index contributed by atoms with van der Waals surface area (Å²) in [6, 6.07) is 0. The van der Waals surface area contributed by atoms with Crippen molar-refractivity contribution in [2.75, 3.05) is 54.9 Å². The van der Waals surface area contributed by atoms with Gasteiger partial charge in [0.2, 0.25) is 0 Å². The minimum atomic E-state index is 0. The van der Waals surface area contributed by atoms with Gasteiger partial charge in [0.05, 0.1) is 0 Å². The van der Waals surface area contributed by atoms with Crippen molar-refractivity contribution in [3.05, 3.63) is 0 Å². The van der Waals surface area contributed by atoms with E-state index in [1.807, 2.05) is 28.2 Å². The molecule has 1 aliphatic heterocycles. The molecule has 1 heterocycles. The van der Waals surface area contributed by atoms with Crippen molar-refractivity contribution in [2.45, 2.75) is 12.8 Å². The Hall–Kier alpha value is -0.0400. The predicted molar refractivity (Wildman–Crippen MR) is 85.3 cm³/mol. The topological polar surface area (TPSA) is 22.1 Å². The number of rotatable bonds is 2. The van der Waals surface area contributed by atoms with Gasteiger partial charge in [-0.1, -0.05) is 0 Å². The standard InChI is InChI=1S/C12H26N4.HI/c1-14(2)12(15(3)4)13-10-11-6-8-16(5)9-7-11;/h11H,6-10H2,1-5H3;1H. The van der Waals surface area contributed by atoms with E-state index in [9.17, 15) is 0 Å². The number of hydrogen-bond acceptors (Lipinski definition) is 2. The molecule has 1 fully saturated rings. The van der Waals surface area contributed by atoms with Gasteiger partial charge in [-0.05, 0) is 38.9 Å². The van der Waals surface area contributed by atoms with Crippen LogP contribution < -0.4 is 0 Å². The van der Waals surface area contributed by atoms with Crippen molar-refractivity contribution in [1.29, 1.82) is 0 Å². The third-order valence-corrected chi connectivity index (χ3v) is 3.13. The third kappa shape index (κ3) is 5.90. The van der Waals surface area contributed by atoms with E-state index in [2.05, 4.69) is 21.7 Å². The zero-order valence-corrected chi connectivity index (χ0v) is 14.1. The summed E-state index contributed by atoms with van der Waals surface area (Å²) in [5, 5.41) is 0. The van der Waals surface area contributed by atoms with Gasteiger partial charge in [-0.2, -0.15) is 0 Å². The van der Waals surface area contributed by atoms with E-state index >= 15 is 0 Å². The Labute approximate surface area is 123 Å². The van der Waals surface area contributed by atoms with Gasteiger partial charge in [0.25, 0.3) is 0 Å². The van der Waals surface area contributed by atoms with Gasteiger partial charge < -0.3 is 14.7 Å². The maximum absolute atomic E-state index is 4.72. The first-order valence-corrected chi connectivity index (χ1v) is 6.08. The lowest BCUT2D eigenvalue weighted by molar-refractivity contribution is 0.223. The van der Waals surface area contributed by atoms with Crippen LogP contribution in [-0.4, -0.2) is 75.5 Å². The number of nitrogens with zero attached hydrogens (tertiary/aromatic N) is 4. The molecule has 0 N–H and O–H groups in total. The van der Waals surface area contributed by atoms with E-state index in [4.69, 9.17) is 4.99 Å². The van der Waals surface area contributed by atoms with Crippen LogP contribution in [0.2, 0.25) is 0 Å². The molecule has 0 atom stereocenters. The highest BCUT2D eigenvalue weighted by atomic mass is 127. The molecule has 0 aromatic carbocycles. The van der Waals surface area contributed by atoms with E-state index in [0.29, 0.717) is 0 Å². The molecule has 0 aromatic heterocycles. The molecule has 1 saturated heterocycles. The molecule has 0 saturated carbocycles. The van der Waals surface area contributed by atoms with Gasteiger partial charge >= 0.3 is 0 Å². The smallest absolute Gasteiger partial charge is 0.195 e. The summed E-state index contributed by atoms with van der Waals surface area (Å²) in [4.78, 5) is 11.3. The van der Waals surface area contributed by atoms with Gasteiger partial charge in [0.1, 0.15) is 0 Å². The van der Waals surface area contributed by atoms with Crippen molar-refractivity contribution in [2.24, 2.45) is 10.9 Å². The number of halogens is 1. The second-order valence-electron chi connectivity index (χ2n) is 5.18. The highest BCUT2D eigenvalue weighted by Gasteiger charge is 2.16. The predicted octanol–water partition coefficient (Wildman–Crippen LogP) is 1.43. The van der Waals surface area contributed by atoms with Crippen molar-refractivity contribution >= 4 is 29.9 Å². The fraction of sp³-hybridized carbons (Fsp3) is 0.917. The summed E-state index contributed by atoms with van der Waals surface area (Å²) in [5.74, 6) is 1.84. The number of hydrogen-bond donors (Lipinski definition) is 0. The lowest BCUT2D eigenvalue weighted by atomic mass is 9.97. The van der Waals surface area contributed by atoms with Crippen LogP contribution in [-0.2, 0) is 0 Å². The molecule has 1 rings (SSSR count). The molecule has 0 spiro atoms. The molecule has 17 heavy (non-hydrogen) atoms. The normalized spacial score (nSPS) is 17.2. The zero-order chi connectivity index (χ0) is 12.1. The van der Waals surface area contributed by atoms with Crippen LogP contribution in [0.3, 0.4) is 0 Å². The molecule has 102 valence electrons. The number of guanidine groups is 1. The first-order valence-electron chi connectivity index (χ1n) is 6.08. The van der Waals surface area contributed by atoms with E-state index in [1.54, 1.807) is 0 Å². The Morgan fingerprint density at radius 2 is 1.59 bits per heavy atom. The highest BCUT2D eigenvalue weighted by Crippen LogP contribution is 2.16. The van der Waals surface area contributed by atoms with Crippen LogP contribution in [0.15, 0.2) is 4.99 Å². The molecule has 0 radical (unpaired) electrons. The quantitative estimate of drug-likeness (QED) is 0.426. The number of likely N-dealkylation sites (tertiary alicyclic amines) is 1. The van der Waals surface area contributed by atoms with Crippen molar-refractivity contribution in [1.82, 2.24) is 14.7 Å². The summed E-state index contributed by atoms with van der Waals surface area (Å²) in [7, 11) is 10.4. The SMILES string of the molecule is CN1CCC(CN=C(N(C)C)N(C)C)CC1.I. The summed E-state index contributed by atoms with van der Waals surface area (Å²) in [6.07, 6.45) is 2.57. The molecule has 0 unspecified atom stereocenters. The van der Waals surface area contributed by atoms with Crippen LogP contribution in [0, 0.1) is 5.92 Å². The van der Waals surface area contributed by atoms with Crippen molar-refractivity contribution in [3.63, 3.8) is 0 Å².